The molecule has 0 saturated heterocycles. The number of rotatable bonds is 6. The quantitative estimate of drug-likeness (QED) is 0.675. The van der Waals surface area contributed by atoms with E-state index in [0.29, 0.717) is 5.16 Å². The molecule has 5 heteroatoms. The normalized spacial score (nSPS) is 12.0. The number of carbonyl (C=O) groups excluding carboxylic acids is 1. The molecular weight excluding hydrogens is 318 g/mol. The van der Waals surface area contributed by atoms with Crippen LogP contribution in [0.3, 0.4) is 0 Å². The van der Waals surface area contributed by atoms with Crippen molar-refractivity contribution in [2.75, 3.05) is 0 Å². The maximum Gasteiger partial charge on any atom is 0.235 e. The van der Waals surface area contributed by atoms with Crippen molar-refractivity contribution < 1.29 is 4.79 Å². The summed E-state index contributed by atoms with van der Waals surface area (Å²) in [5, 5.41) is 0.257. The molecule has 2 aromatic carbocycles. The van der Waals surface area contributed by atoms with Crippen molar-refractivity contribution >= 4 is 17.7 Å². The van der Waals surface area contributed by atoms with Crippen molar-refractivity contribution in [2.24, 2.45) is 5.73 Å². The maximum atomic E-state index is 11.8. The molecule has 24 heavy (non-hydrogen) atoms. The zero-order chi connectivity index (χ0) is 16.9. The second-order valence-electron chi connectivity index (χ2n) is 5.59. The maximum absolute atomic E-state index is 11.8. The molecule has 4 nitrogen and oxygen atoms in total. The average Bonchev–Trinajstić information content (AvgIpc) is 2.94. The van der Waals surface area contributed by atoms with Gasteiger partial charge in [0, 0.05) is 12.1 Å². The summed E-state index contributed by atoms with van der Waals surface area (Å²) >= 11 is 1.35. The van der Waals surface area contributed by atoms with Crippen LogP contribution in [-0.2, 0) is 11.2 Å². The highest BCUT2D eigenvalue weighted by atomic mass is 32.2. The van der Waals surface area contributed by atoms with Gasteiger partial charge in [0.15, 0.2) is 5.16 Å². The summed E-state index contributed by atoms with van der Waals surface area (Å²) in [7, 11) is 0. The van der Waals surface area contributed by atoms with Crippen molar-refractivity contribution in [3.8, 4) is 0 Å². The second kappa shape index (κ2) is 7.36. The van der Waals surface area contributed by atoms with Gasteiger partial charge >= 0.3 is 0 Å². The van der Waals surface area contributed by atoms with E-state index in [2.05, 4.69) is 22.1 Å². The van der Waals surface area contributed by atoms with Crippen LogP contribution in [0.2, 0.25) is 0 Å². The van der Waals surface area contributed by atoms with Crippen LogP contribution < -0.4 is 5.73 Å². The smallest absolute Gasteiger partial charge is 0.235 e. The monoisotopic (exact) mass is 337 g/mol. The van der Waals surface area contributed by atoms with Crippen molar-refractivity contribution in [3.63, 3.8) is 0 Å². The fourth-order valence-corrected chi connectivity index (χ4v) is 3.52. The molecule has 1 unspecified atom stereocenters. The van der Waals surface area contributed by atoms with Gasteiger partial charge in [-0.3, -0.25) is 4.79 Å². The molecule has 0 bridgehead atoms. The number of nitrogens with zero attached hydrogens (tertiary/aromatic N) is 1. The molecule has 0 radical (unpaired) electrons. The minimum atomic E-state index is -0.457. The highest BCUT2D eigenvalue weighted by Gasteiger charge is 2.21. The van der Waals surface area contributed by atoms with Crippen LogP contribution in [0.1, 0.15) is 27.8 Å². The van der Waals surface area contributed by atoms with E-state index in [1.54, 1.807) is 0 Å². The molecule has 0 aliphatic rings. The number of carbonyl (C=O) groups is 1. The lowest BCUT2D eigenvalue weighted by Crippen LogP contribution is -2.19. The van der Waals surface area contributed by atoms with E-state index in [0.717, 1.165) is 23.4 Å². The fourth-order valence-electron chi connectivity index (χ4n) is 2.51. The first-order chi connectivity index (χ1) is 11.6. The lowest BCUT2D eigenvalue weighted by atomic mass is 10.1. The number of H-pyrrole nitrogens is 1. The minimum Gasteiger partial charge on any atom is -0.368 e. The molecule has 0 aliphatic carbocycles. The van der Waals surface area contributed by atoms with Crippen LogP contribution in [0.5, 0.6) is 0 Å². The van der Waals surface area contributed by atoms with Gasteiger partial charge in [-0.05, 0) is 18.1 Å². The molecule has 1 heterocycles. The van der Waals surface area contributed by atoms with Crippen molar-refractivity contribution in [1.82, 2.24) is 9.97 Å². The number of nitrogens with one attached hydrogen (secondary N) is 1. The molecule has 0 aliphatic heterocycles. The number of aryl methyl sites for hydroxylation is 1. The Labute approximate surface area is 145 Å². The SMILES string of the molecule is Cc1[nH]c(SC(C(N)=O)c2ccccc2)nc1Cc1ccccc1. The van der Waals surface area contributed by atoms with Gasteiger partial charge in [-0.15, -0.1) is 0 Å². The van der Waals surface area contributed by atoms with Gasteiger partial charge < -0.3 is 10.7 Å². The van der Waals surface area contributed by atoms with Crippen molar-refractivity contribution in [2.45, 2.75) is 23.8 Å². The van der Waals surface area contributed by atoms with Crippen LogP contribution >= 0.6 is 11.8 Å². The van der Waals surface area contributed by atoms with E-state index in [9.17, 15) is 4.79 Å². The highest BCUT2D eigenvalue weighted by molar-refractivity contribution is 8.00. The Morgan fingerprint density at radius 3 is 2.38 bits per heavy atom. The van der Waals surface area contributed by atoms with Crippen LogP contribution in [-0.4, -0.2) is 15.9 Å². The third kappa shape index (κ3) is 3.86. The molecule has 1 amide bonds. The summed E-state index contributed by atoms with van der Waals surface area (Å²) in [6.07, 6.45) is 0.760. The first-order valence-electron chi connectivity index (χ1n) is 7.74. The van der Waals surface area contributed by atoms with Crippen molar-refractivity contribution in [1.29, 1.82) is 0 Å². The fraction of sp³-hybridized carbons (Fsp3) is 0.158. The van der Waals surface area contributed by atoms with E-state index in [1.807, 2.05) is 55.5 Å². The van der Waals surface area contributed by atoms with Gasteiger partial charge in [0.25, 0.3) is 0 Å². The van der Waals surface area contributed by atoms with Crippen LogP contribution in [0.4, 0.5) is 0 Å². The van der Waals surface area contributed by atoms with Gasteiger partial charge in [-0.2, -0.15) is 0 Å². The summed E-state index contributed by atoms with van der Waals surface area (Å²) < 4.78 is 0. The standard InChI is InChI=1S/C19H19N3OS/c1-13-16(12-14-8-4-2-5-9-14)22-19(21-13)24-17(18(20)23)15-10-6-3-7-11-15/h2-11,17H,12H2,1H3,(H2,20,23)(H,21,22). The summed E-state index contributed by atoms with van der Waals surface area (Å²) in [6, 6.07) is 19.7. The predicted octanol–water partition coefficient (Wildman–Crippen LogP) is 3.63. The molecule has 0 saturated carbocycles. The minimum absolute atomic E-state index is 0.370. The van der Waals surface area contributed by atoms with Crippen LogP contribution in [0.25, 0.3) is 0 Å². The van der Waals surface area contributed by atoms with E-state index < -0.39 is 5.25 Å². The first kappa shape index (κ1) is 16.3. The number of aromatic nitrogens is 2. The number of nitrogens with two attached hydrogens (primary N) is 1. The van der Waals surface area contributed by atoms with E-state index in [4.69, 9.17) is 5.73 Å². The Hall–Kier alpha value is -2.53. The molecule has 3 aromatic rings. The summed E-state index contributed by atoms with van der Waals surface area (Å²) in [4.78, 5) is 19.8. The Balaban J connectivity index is 1.80. The highest BCUT2D eigenvalue weighted by Crippen LogP contribution is 2.34. The number of hydrogen-bond acceptors (Lipinski definition) is 3. The molecule has 1 aromatic heterocycles. The van der Waals surface area contributed by atoms with Crippen LogP contribution in [0.15, 0.2) is 65.8 Å². The van der Waals surface area contributed by atoms with E-state index in [1.165, 1.54) is 17.3 Å². The number of aromatic amines is 1. The van der Waals surface area contributed by atoms with Crippen molar-refractivity contribution in [3.05, 3.63) is 83.2 Å². The topological polar surface area (TPSA) is 71.8 Å². The third-order valence-corrected chi connectivity index (χ3v) is 4.93. The Bertz CT molecular complexity index is 815. The zero-order valence-corrected chi connectivity index (χ0v) is 14.2. The van der Waals surface area contributed by atoms with Gasteiger partial charge in [0.2, 0.25) is 5.91 Å². The molecular formula is C19H19N3OS. The zero-order valence-electron chi connectivity index (χ0n) is 13.4. The number of imidazole rings is 1. The largest absolute Gasteiger partial charge is 0.368 e. The molecule has 0 spiro atoms. The predicted molar refractivity (Wildman–Crippen MR) is 96.8 cm³/mol. The summed E-state index contributed by atoms with van der Waals surface area (Å²) in [5.74, 6) is -0.370. The van der Waals surface area contributed by atoms with Gasteiger partial charge in [-0.25, -0.2) is 4.98 Å². The number of primary amides is 1. The van der Waals surface area contributed by atoms with Gasteiger partial charge in [0.05, 0.1) is 5.69 Å². The molecule has 3 N–H and O–H groups in total. The Morgan fingerprint density at radius 1 is 1.12 bits per heavy atom. The first-order valence-corrected chi connectivity index (χ1v) is 8.62. The molecule has 3 rings (SSSR count). The molecule has 122 valence electrons. The second-order valence-corrected chi connectivity index (χ2v) is 6.68. The molecule has 0 fully saturated rings. The average molecular weight is 337 g/mol. The lowest BCUT2D eigenvalue weighted by molar-refractivity contribution is -0.117. The Morgan fingerprint density at radius 2 is 1.75 bits per heavy atom. The van der Waals surface area contributed by atoms with E-state index in [-0.39, 0.29) is 5.91 Å². The lowest BCUT2D eigenvalue weighted by Gasteiger charge is -2.11. The van der Waals surface area contributed by atoms with Gasteiger partial charge in [0.1, 0.15) is 5.25 Å². The number of amides is 1. The number of benzene rings is 2. The Kier molecular flexibility index (Phi) is 5.01. The summed E-state index contributed by atoms with van der Waals surface area (Å²) in [5.41, 5.74) is 9.67. The number of hydrogen-bond donors (Lipinski definition) is 2. The summed E-state index contributed by atoms with van der Waals surface area (Å²) in [6.45, 7) is 2.00. The van der Waals surface area contributed by atoms with Crippen LogP contribution in [0, 0.1) is 6.92 Å². The number of thioether (sulfide) groups is 1. The van der Waals surface area contributed by atoms with E-state index >= 15 is 0 Å². The molecule has 1 atom stereocenters. The van der Waals surface area contributed by atoms with Gasteiger partial charge in [-0.1, -0.05) is 72.4 Å². The third-order valence-electron chi connectivity index (χ3n) is 3.77.